The van der Waals surface area contributed by atoms with E-state index in [2.05, 4.69) is 12.2 Å². The molecule has 0 bridgehead atoms. The second kappa shape index (κ2) is 9.14. The number of quaternary nitrogens is 1. The number of methoxy groups -OCH3 is 2. The van der Waals surface area contributed by atoms with E-state index in [1.54, 1.807) is 14.2 Å². The van der Waals surface area contributed by atoms with Crippen molar-refractivity contribution in [2.45, 2.75) is 57.1 Å². The summed E-state index contributed by atoms with van der Waals surface area (Å²) in [6, 6.07) is 5.93. The fourth-order valence-electron chi connectivity index (χ4n) is 5.10. The minimum absolute atomic E-state index is 0.0345. The Hall–Kier alpha value is -1.79. The first kappa shape index (κ1) is 20.9. The first-order valence-corrected chi connectivity index (χ1v) is 10.6. The van der Waals surface area contributed by atoms with E-state index in [1.807, 2.05) is 18.2 Å². The fourth-order valence-corrected chi connectivity index (χ4v) is 5.10. The summed E-state index contributed by atoms with van der Waals surface area (Å²) < 4.78 is 11.1. The zero-order valence-corrected chi connectivity index (χ0v) is 17.4. The minimum atomic E-state index is -0.642. The van der Waals surface area contributed by atoms with Gasteiger partial charge in [-0.15, -0.1) is 0 Å². The number of ether oxygens (including phenoxy) is 2. The average molecular weight is 392 g/mol. The molecule has 6 heteroatoms. The molecular weight excluding hydrogens is 356 g/mol. The van der Waals surface area contributed by atoms with Crippen LogP contribution in [0.2, 0.25) is 0 Å². The molecule has 6 nitrogen and oxygen atoms in total. The van der Waals surface area contributed by atoms with Crippen LogP contribution in [-0.2, 0) is 4.79 Å². The molecule has 1 aromatic carbocycles. The molecule has 0 radical (unpaired) electrons. The number of carbonyl (C=O) groups excluding carboxylic acids is 1. The highest BCUT2D eigenvalue weighted by Crippen LogP contribution is 2.46. The molecule has 3 rings (SSSR count). The third-order valence-electron chi connectivity index (χ3n) is 6.52. The number of benzene rings is 1. The Balaban J connectivity index is 1.95. The Morgan fingerprint density at radius 2 is 2.11 bits per heavy atom. The molecule has 28 heavy (non-hydrogen) atoms. The van der Waals surface area contributed by atoms with Gasteiger partial charge in [-0.05, 0) is 31.4 Å². The predicted octanol–water partition coefficient (Wildman–Crippen LogP) is 1.48. The Morgan fingerprint density at radius 3 is 2.82 bits per heavy atom. The summed E-state index contributed by atoms with van der Waals surface area (Å²) >= 11 is 0. The van der Waals surface area contributed by atoms with Crippen LogP contribution in [0.15, 0.2) is 18.2 Å². The van der Waals surface area contributed by atoms with Gasteiger partial charge in [0.25, 0.3) is 5.91 Å². The van der Waals surface area contributed by atoms with Gasteiger partial charge in [-0.1, -0.05) is 19.8 Å². The molecule has 4 atom stereocenters. The van der Waals surface area contributed by atoms with E-state index in [1.165, 1.54) is 4.90 Å². The molecule has 0 aromatic heterocycles. The van der Waals surface area contributed by atoms with Gasteiger partial charge in [-0.3, -0.25) is 4.79 Å². The maximum atomic E-state index is 12.5. The molecule has 1 heterocycles. The summed E-state index contributed by atoms with van der Waals surface area (Å²) in [5.41, 5.74) is 0.420. The zero-order valence-electron chi connectivity index (χ0n) is 17.4. The molecule has 1 aromatic rings. The number of amides is 1. The van der Waals surface area contributed by atoms with Crippen molar-refractivity contribution in [2.24, 2.45) is 5.92 Å². The number of carbonyl (C=O) groups is 1. The van der Waals surface area contributed by atoms with Gasteiger partial charge in [-0.2, -0.15) is 0 Å². The summed E-state index contributed by atoms with van der Waals surface area (Å²) in [5.74, 6) is 1.73. The lowest BCUT2D eigenvalue weighted by Crippen LogP contribution is -3.16. The van der Waals surface area contributed by atoms with Gasteiger partial charge in [0.1, 0.15) is 17.5 Å². The largest absolute Gasteiger partial charge is 0.497 e. The van der Waals surface area contributed by atoms with Crippen LogP contribution in [0.1, 0.15) is 57.1 Å². The van der Waals surface area contributed by atoms with Gasteiger partial charge in [0.15, 0.2) is 6.54 Å². The van der Waals surface area contributed by atoms with Gasteiger partial charge in [-0.25, -0.2) is 0 Å². The van der Waals surface area contributed by atoms with Crippen molar-refractivity contribution in [3.63, 3.8) is 0 Å². The highest BCUT2D eigenvalue weighted by Gasteiger charge is 2.52. The standard InChI is InChI=1S/C22H34N2O4/c1-4-12-23-20(25)15-24-13-11-22(26)10-6-5-7-18(22)21(24)17-9-8-16(27-2)14-19(17)28-3/h8-9,14,18,21,26H,4-7,10-13,15H2,1-3H3,(H,23,25)/p+1/t18-,21-,22-/m0/s1. The van der Waals surface area contributed by atoms with Crippen LogP contribution in [0.5, 0.6) is 11.5 Å². The van der Waals surface area contributed by atoms with E-state index in [9.17, 15) is 9.90 Å². The van der Waals surface area contributed by atoms with Gasteiger partial charge in [0.2, 0.25) is 0 Å². The number of rotatable bonds is 7. The van der Waals surface area contributed by atoms with Crippen molar-refractivity contribution in [1.29, 1.82) is 0 Å². The average Bonchev–Trinajstić information content (AvgIpc) is 2.71. The molecule has 1 aliphatic heterocycles. The van der Waals surface area contributed by atoms with Crippen LogP contribution in [0, 0.1) is 5.92 Å². The minimum Gasteiger partial charge on any atom is -0.497 e. The number of likely N-dealkylation sites (tertiary alicyclic amines) is 1. The predicted molar refractivity (Wildman–Crippen MR) is 108 cm³/mol. The van der Waals surface area contributed by atoms with Gasteiger partial charge >= 0.3 is 0 Å². The number of hydrogen-bond acceptors (Lipinski definition) is 4. The van der Waals surface area contributed by atoms with E-state index >= 15 is 0 Å². The third-order valence-corrected chi connectivity index (χ3v) is 6.52. The smallest absolute Gasteiger partial charge is 0.275 e. The first-order chi connectivity index (χ1) is 13.5. The number of hydrogen-bond donors (Lipinski definition) is 3. The monoisotopic (exact) mass is 391 g/mol. The lowest BCUT2D eigenvalue weighted by atomic mass is 9.66. The highest BCUT2D eigenvalue weighted by atomic mass is 16.5. The van der Waals surface area contributed by atoms with Crippen molar-refractivity contribution >= 4 is 5.91 Å². The maximum Gasteiger partial charge on any atom is 0.275 e. The van der Waals surface area contributed by atoms with Crippen LogP contribution in [0.4, 0.5) is 0 Å². The Labute approximate surface area is 168 Å². The Bertz CT molecular complexity index is 681. The van der Waals surface area contributed by atoms with Crippen molar-refractivity contribution < 1.29 is 24.3 Å². The molecular formula is C22H35N2O4+. The molecule has 1 saturated heterocycles. The molecule has 2 aliphatic rings. The first-order valence-electron chi connectivity index (χ1n) is 10.6. The summed E-state index contributed by atoms with van der Waals surface area (Å²) in [7, 11) is 3.31. The summed E-state index contributed by atoms with van der Waals surface area (Å²) in [6.45, 7) is 3.97. The van der Waals surface area contributed by atoms with Crippen molar-refractivity contribution in [3.8, 4) is 11.5 Å². The maximum absolute atomic E-state index is 12.5. The van der Waals surface area contributed by atoms with E-state index in [4.69, 9.17) is 9.47 Å². The van der Waals surface area contributed by atoms with Crippen LogP contribution in [-0.4, -0.2) is 50.5 Å². The normalized spacial score (nSPS) is 29.6. The Kier molecular flexibility index (Phi) is 6.83. The number of fused-ring (bicyclic) bond motifs is 1. The second-order valence-corrected chi connectivity index (χ2v) is 8.23. The van der Waals surface area contributed by atoms with Crippen LogP contribution in [0.3, 0.4) is 0 Å². The number of aliphatic hydroxyl groups is 1. The molecule has 156 valence electrons. The van der Waals surface area contributed by atoms with Gasteiger partial charge in [0, 0.05) is 24.9 Å². The van der Waals surface area contributed by atoms with Gasteiger partial charge in [0.05, 0.1) is 31.9 Å². The number of nitrogens with one attached hydrogen (secondary N) is 2. The second-order valence-electron chi connectivity index (χ2n) is 8.23. The Morgan fingerprint density at radius 1 is 1.29 bits per heavy atom. The molecule has 1 amide bonds. The lowest BCUT2D eigenvalue weighted by molar-refractivity contribution is -0.937. The van der Waals surface area contributed by atoms with E-state index in [0.717, 1.165) is 62.1 Å². The summed E-state index contributed by atoms with van der Waals surface area (Å²) in [4.78, 5) is 13.7. The van der Waals surface area contributed by atoms with Crippen LogP contribution in [0.25, 0.3) is 0 Å². The lowest BCUT2D eigenvalue weighted by Gasteiger charge is -2.50. The van der Waals surface area contributed by atoms with Crippen molar-refractivity contribution in [3.05, 3.63) is 23.8 Å². The topological polar surface area (TPSA) is 72.2 Å². The summed E-state index contributed by atoms with van der Waals surface area (Å²) in [5, 5.41) is 14.4. The molecule has 0 spiro atoms. The molecule has 2 fully saturated rings. The fraction of sp³-hybridized carbons (Fsp3) is 0.682. The number of piperidine rings is 1. The van der Waals surface area contributed by atoms with Crippen LogP contribution < -0.4 is 19.7 Å². The van der Waals surface area contributed by atoms with E-state index < -0.39 is 5.60 Å². The molecule has 1 aliphatic carbocycles. The van der Waals surface area contributed by atoms with Crippen molar-refractivity contribution in [1.82, 2.24) is 5.32 Å². The highest BCUT2D eigenvalue weighted by molar-refractivity contribution is 5.76. The van der Waals surface area contributed by atoms with Crippen LogP contribution >= 0.6 is 0 Å². The van der Waals surface area contributed by atoms with E-state index in [-0.39, 0.29) is 17.9 Å². The SMILES string of the molecule is CCCNC(=O)C[NH+]1CC[C@@]2(O)CCCC[C@H]2[C@@H]1c1ccc(OC)cc1OC. The van der Waals surface area contributed by atoms with Gasteiger partial charge < -0.3 is 24.8 Å². The third kappa shape index (κ3) is 4.28. The molecule has 1 unspecified atom stereocenters. The summed E-state index contributed by atoms with van der Waals surface area (Å²) in [6.07, 6.45) is 5.71. The zero-order chi connectivity index (χ0) is 20.1. The molecule has 1 saturated carbocycles. The van der Waals surface area contributed by atoms with Crippen molar-refractivity contribution in [2.75, 3.05) is 33.9 Å². The molecule has 3 N–H and O–H groups in total. The quantitative estimate of drug-likeness (QED) is 0.658. The van der Waals surface area contributed by atoms with E-state index in [0.29, 0.717) is 13.1 Å².